The number of aliphatic imine (C=N–C) groups is 1. The molecule has 3 aromatic rings. The van der Waals surface area contributed by atoms with Gasteiger partial charge in [0.2, 0.25) is 0 Å². The van der Waals surface area contributed by atoms with Crippen molar-refractivity contribution in [3.63, 3.8) is 0 Å². The maximum Gasteiger partial charge on any atom is 0.191 e. The smallest absolute Gasteiger partial charge is 0.191 e. The van der Waals surface area contributed by atoms with Crippen LogP contribution in [0.5, 0.6) is 5.75 Å². The zero-order valence-corrected chi connectivity index (χ0v) is 19.9. The Morgan fingerprint density at radius 3 is 2.78 bits per heavy atom. The Hall–Kier alpha value is -2.62. The molecule has 0 spiro atoms. The van der Waals surface area contributed by atoms with Gasteiger partial charge in [-0.1, -0.05) is 18.2 Å². The number of nitrogens with zero attached hydrogens (tertiary/aromatic N) is 1. The van der Waals surface area contributed by atoms with Crippen molar-refractivity contribution in [3.05, 3.63) is 89.4 Å². The Balaban J connectivity index is 0.00000289. The lowest BCUT2D eigenvalue weighted by atomic mass is 10.0. The minimum absolute atomic E-state index is 0. The number of guanidine groups is 1. The molecular formula is C24H26F2IN3O2. The van der Waals surface area contributed by atoms with Crippen LogP contribution in [-0.4, -0.2) is 25.7 Å². The highest BCUT2D eigenvalue weighted by Crippen LogP contribution is 2.31. The Morgan fingerprint density at radius 2 is 1.94 bits per heavy atom. The normalized spacial score (nSPS) is 15.3. The van der Waals surface area contributed by atoms with Crippen LogP contribution in [0, 0.1) is 11.6 Å². The summed E-state index contributed by atoms with van der Waals surface area (Å²) in [5, 5.41) is 6.72. The van der Waals surface area contributed by atoms with Crippen molar-refractivity contribution in [2.24, 2.45) is 4.99 Å². The standard InChI is InChI=1S/C24H25F2N3O2.HI/c25-18-7-8-21(26)17(16-18)9-12-27-24(28-13-10-19-4-3-14-30-19)29-22-11-15-31-23-6-2-1-5-20(22)23;/h1-8,14,16,22H,9-13,15H2,(H2,27,28,29);1H. The maximum atomic E-state index is 13.9. The van der Waals surface area contributed by atoms with Crippen LogP contribution in [0.4, 0.5) is 8.78 Å². The third-order valence-corrected chi connectivity index (χ3v) is 5.17. The Bertz CT molecular complexity index is 1030. The molecule has 0 saturated heterocycles. The lowest BCUT2D eigenvalue weighted by Crippen LogP contribution is -2.42. The summed E-state index contributed by atoms with van der Waals surface area (Å²) in [5.74, 6) is 1.49. The summed E-state index contributed by atoms with van der Waals surface area (Å²) in [6.07, 6.45) is 3.45. The third-order valence-electron chi connectivity index (χ3n) is 5.17. The van der Waals surface area contributed by atoms with E-state index in [2.05, 4.69) is 15.6 Å². The molecule has 0 bridgehead atoms. The van der Waals surface area contributed by atoms with Gasteiger partial charge in [-0.25, -0.2) is 8.78 Å². The van der Waals surface area contributed by atoms with E-state index in [1.54, 1.807) is 6.26 Å². The number of hydrogen-bond donors (Lipinski definition) is 2. The first-order valence-electron chi connectivity index (χ1n) is 10.4. The summed E-state index contributed by atoms with van der Waals surface area (Å²) in [4.78, 5) is 4.66. The fourth-order valence-corrected chi connectivity index (χ4v) is 3.59. The van der Waals surface area contributed by atoms with E-state index in [-0.39, 0.29) is 30.0 Å². The van der Waals surface area contributed by atoms with Crippen molar-refractivity contribution in [2.45, 2.75) is 25.3 Å². The van der Waals surface area contributed by atoms with Gasteiger partial charge in [0.05, 0.1) is 18.9 Å². The summed E-state index contributed by atoms with van der Waals surface area (Å²) in [7, 11) is 0. The molecule has 1 unspecified atom stereocenters. The van der Waals surface area contributed by atoms with E-state index in [0.717, 1.165) is 35.6 Å². The summed E-state index contributed by atoms with van der Waals surface area (Å²) in [5.41, 5.74) is 1.41. The molecule has 170 valence electrons. The van der Waals surface area contributed by atoms with E-state index in [9.17, 15) is 8.78 Å². The summed E-state index contributed by atoms with van der Waals surface area (Å²) >= 11 is 0. The predicted octanol–water partition coefficient (Wildman–Crippen LogP) is 5.02. The van der Waals surface area contributed by atoms with E-state index < -0.39 is 11.6 Å². The van der Waals surface area contributed by atoms with Crippen LogP contribution in [0.1, 0.15) is 29.3 Å². The van der Waals surface area contributed by atoms with Crippen LogP contribution >= 0.6 is 24.0 Å². The zero-order chi connectivity index (χ0) is 21.5. The average molecular weight is 553 g/mol. The largest absolute Gasteiger partial charge is 0.493 e. The lowest BCUT2D eigenvalue weighted by Gasteiger charge is -2.28. The van der Waals surface area contributed by atoms with Gasteiger partial charge in [0.1, 0.15) is 23.1 Å². The van der Waals surface area contributed by atoms with E-state index in [1.165, 1.54) is 6.07 Å². The molecule has 1 atom stereocenters. The predicted molar refractivity (Wildman–Crippen MR) is 131 cm³/mol. The Kier molecular flexibility index (Phi) is 8.90. The summed E-state index contributed by atoms with van der Waals surface area (Å²) < 4.78 is 38.5. The number of para-hydroxylation sites is 1. The van der Waals surface area contributed by atoms with Crippen molar-refractivity contribution < 1.29 is 17.9 Å². The number of rotatable bonds is 7. The van der Waals surface area contributed by atoms with E-state index >= 15 is 0 Å². The van der Waals surface area contributed by atoms with Gasteiger partial charge in [0.25, 0.3) is 0 Å². The SMILES string of the molecule is Fc1ccc(F)c(CCNC(=NCCc2ccco2)NC2CCOc3ccccc32)c1.I. The quantitative estimate of drug-likeness (QED) is 0.245. The van der Waals surface area contributed by atoms with Gasteiger partial charge in [-0.15, -0.1) is 24.0 Å². The van der Waals surface area contributed by atoms with Gasteiger partial charge in [0, 0.05) is 31.5 Å². The number of hydrogen-bond acceptors (Lipinski definition) is 3. The minimum atomic E-state index is -0.444. The fraction of sp³-hybridized carbons (Fsp3) is 0.292. The van der Waals surface area contributed by atoms with Crippen molar-refractivity contribution >= 4 is 29.9 Å². The van der Waals surface area contributed by atoms with Gasteiger partial charge in [-0.3, -0.25) is 4.99 Å². The molecule has 32 heavy (non-hydrogen) atoms. The van der Waals surface area contributed by atoms with Gasteiger partial charge >= 0.3 is 0 Å². The molecule has 2 aromatic carbocycles. The zero-order valence-electron chi connectivity index (χ0n) is 17.5. The highest BCUT2D eigenvalue weighted by molar-refractivity contribution is 14.0. The topological polar surface area (TPSA) is 58.8 Å². The second-order valence-corrected chi connectivity index (χ2v) is 7.34. The minimum Gasteiger partial charge on any atom is -0.493 e. The number of halogens is 3. The molecule has 1 aromatic heterocycles. The van der Waals surface area contributed by atoms with E-state index in [1.807, 2.05) is 36.4 Å². The van der Waals surface area contributed by atoms with Crippen LogP contribution < -0.4 is 15.4 Å². The first kappa shape index (κ1) is 24.0. The fourth-order valence-electron chi connectivity index (χ4n) is 3.59. The Morgan fingerprint density at radius 1 is 1.06 bits per heavy atom. The van der Waals surface area contributed by atoms with Crippen LogP contribution in [-0.2, 0) is 12.8 Å². The third kappa shape index (κ3) is 6.44. The monoisotopic (exact) mass is 553 g/mol. The molecular weight excluding hydrogens is 527 g/mol. The molecule has 4 rings (SSSR count). The van der Waals surface area contributed by atoms with Crippen molar-refractivity contribution in [1.82, 2.24) is 10.6 Å². The highest BCUT2D eigenvalue weighted by Gasteiger charge is 2.22. The molecule has 0 amide bonds. The Labute approximate surface area is 203 Å². The lowest BCUT2D eigenvalue weighted by molar-refractivity contribution is 0.261. The van der Waals surface area contributed by atoms with Gasteiger partial charge in [-0.2, -0.15) is 0 Å². The van der Waals surface area contributed by atoms with Crippen molar-refractivity contribution in [3.8, 4) is 5.75 Å². The second-order valence-electron chi connectivity index (χ2n) is 7.34. The molecule has 8 heteroatoms. The number of benzene rings is 2. The number of nitrogens with one attached hydrogen (secondary N) is 2. The first-order chi connectivity index (χ1) is 15.2. The highest BCUT2D eigenvalue weighted by atomic mass is 127. The number of furan rings is 1. The molecule has 0 radical (unpaired) electrons. The maximum absolute atomic E-state index is 13.9. The van der Waals surface area contributed by atoms with Crippen LogP contribution in [0.3, 0.4) is 0 Å². The molecule has 5 nitrogen and oxygen atoms in total. The van der Waals surface area contributed by atoms with Crippen molar-refractivity contribution in [2.75, 3.05) is 19.7 Å². The van der Waals surface area contributed by atoms with Gasteiger partial charge in [0.15, 0.2) is 5.96 Å². The molecule has 2 heterocycles. The summed E-state index contributed by atoms with van der Waals surface area (Å²) in [6.45, 7) is 1.56. The average Bonchev–Trinajstić information content (AvgIpc) is 3.30. The van der Waals surface area contributed by atoms with E-state index in [0.29, 0.717) is 44.1 Å². The van der Waals surface area contributed by atoms with Crippen LogP contribution in [0.15, 0.2) is 70.3 Å². The van der Waals surface area contributed by atoms with Gasteiger partial charge in [-0.05, 0) is 48.4 Å². The molecule has 1 aliphatic rings. The number of ether oxygens (including phenoxy) is 1. The first-order valence-corrected chi connectivity index (χ1v) is 10.4. The molecule has 0 aliphatic carbocycles. The molecule has 2 N–H and O–H groups in total. The van der Waals surface area contributed by atoms with E-state index in [4.69, 9.17) is 9.15 Å². The van der Waals surface area contributed by atoms with Gasteiger partial charge < -0.3 is 19.8 Å². The van der Waals surface area contributed by atoms with Crippen molar-refractivity contribution in [1.29, 1.82) is 0 Å². The summed E-state index contributed by atoms with van der Waals surface area (Å²) in [6, 6.07) is 15.2. The van der Waals surface area contributed by atoms with Crippen LogP contribution in [0.2, 0.25) is 0 Å². The molecule has 0 fully saturated rings. The second kappa shape index (κ2) is 11.8. The molecule has 0 saturated carbocycles. The molecule has 1 aliphatic heterocycles. The van der Waals surface area contributed by atoms with Crippen LogP contribution in [0.25, 0.3) is 0 Å². The number of fused-ring (bicyclic) bond motifs is 1.